The molecule has 0 radical (unpaired) electrons. The third kappa shape index (κ3) is 3.17. The molecule has 3 aromatic rings. The van der Waals surface area contributed by atoms with Gasteiger partial charge in [0.05, 0.1) is 0 Å². The van der Waals surface area contributed by atoms with Gasteiger partial charge in [0.25, 0.3) is 0 Å². The Morgan fingerprint density at radius 2 is 1.57 bits per heavy atom. The quantitative estimate of drug-likeness (QED) is 0.719. The Balaban J connectivity index is 1.94. The molecular formula is C19H18BrN. The van der Waals surface area contributed by atoms with Crippen LogP contribution in [0.2, 0.25) is 0 Å². The summed E-state index contributed by atoms with van der Waals surface area (Å²) in [5.41, 5.74) is 8.69. The molecule has 2 N–H and O–H groups in total. The van der Waals surface area contributed by atoms with Crippen molar-refractivity contribution in [2.45, 2.75) is 12.3 Å². The summed E-state index contributed by atoms with van der Waals surface area (Å²) < 4.78 is 1.10. The summed E-state index contributed by atoms with van der Waals surface area (Å²) in [5, 5.41) is 2.62. The molecule has 0 aliphatic heterocycles. The summed E-state index contributed by atoms with van der Waals surface area (Å²) in [7, 11) is 0. The van der Waals surface area contributed by atoms with Crippen molar-refractivity contribution in [3.05, 3.63) is 82.3 Å². The van der Waals surface area contributed by atoms with Gasteiger partial charge in [-0.3, -0.25) is 0 Å². The second-order valence-corrected chi connectivity index (χ2v) is 6.24. The summed E-state index contributed by atoms with van der Waals surface area (Å²) >= 11 is 3.48. The Bertz CT molecular complexity index is 729. The predicted octanol–water partition coefficient (Wildman–Crippen LogP) is 4.89. The largest absolute Gasteiger partial charge is 0.330 e. The number of nitrogens with two attached hydrogens (primary N) is 1. The predicted molar refractivity (Wildman–Crippen MR) is 93.6 cm³/mol. The highest BCUT2D eigenvalue weighted by Crippen LogP contribution is 2.26. The molecule has 2 heteroatoms. The number of fused-ring (bicyclic) bond motifs is 1. The van der Waals surface area contributed by atoms with E-state index in [-0.39, 0.29) is 0 Å². The molecule has 1 nitrogen and oxygen atoms in total. The van der Waals surface area contributed by atoms with Crippen LogP contribution in [0.5, 0.6) is 0 Å². The minimum absolute atomic E-state index is 0.351. The van der Waals surface area contributed by atoms with Crippen molar-refractivity contribution < 1.29 is 0 Å². The van der Waals surface area contributed by atoms with Gasteiger partial charge in [-0.05, 0) is 47.0 Å². The zero-order valence-corrected chi connectivity index (χ0v) is 13.4. The number of benzene rings is 3. The van der Waals surface area contributed by atoms with Crippen molar-refractivity contribution in [1.82, 2.24) is 0 Å². The molecule has 0 heterocycles. The molecule has 1 unspecified atom stereocenters. The molecular weight excluding hydrogens is 322 g/mol. The van der Waals surface area contributed by atoms with E-state index in [1.54, 1.807) is 0 Å². The van der Waals surface area contributed by atoms with Gasteiger partial charge >= 0.3 is 0 Å². The number of hydrogen-bond donors (Lipinski definition) is 1. The molecule has 3 aromatic carbocycles. The van der Waals surface area contributed by atoms with Crippen LogP contribution in [0.4, 0.5) is 0 Å². The van der Waals surface area contributed by atoms with Crippen molar-refractivity contribution in [2.24, 2.45) is 5.73 Å². The second kappa shape index (κ2) is 6.42. The van der Waals surface area contributed by atoms with E-state index in [4.69, 9.17) is 5.73 Å². The Hall–Kier alpha value is -1.64. The third-order valence-electron chi connectivity index (χ3n) is 3.97. The van der Waals surface area contributed by atoms with Gasteiger partial charge in [0, 0.05) is 10.4 Å². The molecule has 0 saturated heterocycles. The van der Waals surface area contributed by atoms with Crippen LogP contribution >= 0.6 is 15.9 Å². The lowest BCUT2D eigenvalue weighted by atomic mass is 9.90. The second-order valence-electron chi connectivity index (χ2n) is 5.33. The molecule has 1 atom stereocenters. The lowest BCUT2D eigenvalue weighted by molar-refractivity contribution is 0.697. The molecule has 0 spiro atoms. The first-order chi connectivity index (χ1) is 10.3. The van der Waals surface area contributed by atoms with Gasteiger partial charge in [-0.25, -0.2) is 0 Å². The SMILES string of the molecule is NCC(Cc1cccc2ccccc12)c1ccc(Br)cc1. The first kappa shape index (κ1) is 14.3. The van der Waals surface area contributed by atoms with E-state index in [1.165, 1.54) is 21.9 Å². The highest BCUT2D eigenvalue weighted by atomic mass is 79.9. The molecule has 0 fully saturated rings. The van der Waals surface area contributed by atoms with E-state index in [0.717, 1.165) is 10.9 Å². The molecule has 21 heavy (non-hydrogen) atoms. The maximum atomic E-state index is 6.02. The molecule has 0 saturated carbocycles. The van der Waals surface area contributed by atoms with E-state index in [0.29, 0.717) is 12.5 Å². The summed E-state index contributed by atoms with van der Waals surface area (Å²) in [6, 6.07) is 23.5. The number of rotatable bonds is 4. The highest BCUT2D eigenvalue weighted by molar-refractivity contribution is 9.10. The fourth-order valence-electron chi connectivity index (χ4n) is 2.81. The van der Waals surface area contributed by atoms with E-state index < -0.39 is 0 Å². The van der Waals surface area contributed by atoms with E-state index in [1.807, 2.05) is 0 Å². The van der Waals surface area contributed by atoms with E-state index >= 15 is 0 Å². The first-order valence-corrected chi connectivity index (χ1v) is 7.99. The smallest absolute Gasteiger partial charge is 0.0175 e. The zero-order chi connectivity index (χ0) is 14.7. The van der Waals surface area contributed by atoms with Crippen LogP contribution < -0.4 is 5.73 Å². The molecule has 0 bridgehead atoms. The molecule has 0 aromatic heterocycles. The lowest BCUT2D eigenvalue weighted by Crippen LogP contribution is -2.15. The van der Waals surface area contributed by atoms with Crippen LogP contribution in [0.1, 0.15) is 17.0 Å². The van der Waals surface area contributed by atoms with Gasteiger partial charge in [-0.2, -0.15) is 0 Å². The minimum Gasteiger partial charge on any atom is -0.330 e. The lowest BCUT2D eigenvalue weighted by Gasteiger charge is -2.17. The van der Waals surface area contributed by atoms with E-state index in [9.17, 15) is 0 Å². The third-order valence-corrected chi connectivity index (χ3v) is 4.50. The fraction of sp³-hybridized carbons (Fsp3) is 0.158. The van der Waals surface area contributed by atoms with Gasteiger partial charge in [0.1, 0.15) is 0 Å². The van der Waals surface area contributed by atoms with Crippen molar-refractivity contribution in [3.63, 3.8) is 0 Å². The molecule has 0 aliphatic carbocycles. The zero-order valence-electron chi connectivity index (χ0n) is 11.8. The monoisotopic (exact) mass is 339 g/mol. The van der Waals surface area contributed by atoms with Crippen LogP contribution in [0.15, 0.2) is 71.2 Å². The van der Waals surface area contributed by atoms with Crippen LogP contribution in [0.25, 0.3) is 10.8 Å². The normalized spacial score (nSPS) is 12.5. The van der Waals surface area contributed by atoms with Crippen LogP contribution in [-0.2, 0) is 6.42 Å². The highest BCUT2D eigenvalue weighted by Gasteiger charge is 2.12. The molecule has 0 amide bonds. The van der Waals surface area contributed by atoms with Crippen molar-refractivity contribution in [3.8, 4) is 0 Å². The number of halogens is 1. The van der Waals surface area contributed by atoms with Crippen LogP contribution in [-0.4, -0.2) is 6.54 Å². The maximum Gasteiger partial charge on any atom is 0.0175 e. The summed E-state index contributed by atoms with van der Waals surface area (Å²) in [6.45, 7) is 0.658. The minimum atomic E-state index is 0.351. The van der Waals surface area contributed by atoms with Crippen molar-refractivity contribution >= 4 is 26.7 Å². The van der Waals surface area contributed by atoms with Gasteiger partial charge in [0.15, 0.2) is 0 Å². The number of hydrogen-bond acceptors (Lipinski definition) is 1. The Morgan fingerprint density at radius 1 is 0.857 bits per heavy atom. The average molecular weight is 340 g/mol. The van der Waals surface area contributed by atoms with Crippen LogP contribution in [0, 0.1) is 0 Å². The maximum absolute atomic E-state index is 6.02. The molecule has 3 rings (SSSR count). The first-order valence-electron chi connectivity index (χ1n) is 7.20. The topological polar surface area (TPSA) is 26.0 Å². The summed E-state index contributed by atoms with van der Waals surface area (Å²) in [5.74, 6) is 0.351. The Kier molecular flexibility index (Phi) is 4.37. The van der Waals surface area contributed by atoms with Gasteiger partial charge < -0.3 is 5.73 Å². The molecule has 106 valence electrons. The summed E-state index contributed by atoms with van der Waals surface area (Å²) in [4.78, 5) is 0. The van der Waals surface area contributed by atoms with Crippen LogP contribution in [0.3, 0.4) is 0 Å². The van der Waals surface area contributed by atoms with Gasteiger partial charge in [-0.15, -0.1) is 0 Å². The molecule has 0 aliphatic rings. The van der Waals surface area contributed by atoms with Crippen molar-refractivity contribution in [1.29, 1.82) is 0 Å². The van der Waals surface area contributed by atoms with E-state index in [2.05, 4.69) is 82.7 Å². The Morgan fingerprint density at radius 3 is 2.33 bits per heavy atom. The average Bonchev–Trinajstić information content (AvgIpc) is 2.54. The van der Waals surface area contributed by atoms with Gasteiger partial charge in [-0.1, -0.05) is 70.5 Å². The summed E-state index contributed by atoms with van der Waals surface area (Å²) in [6.07, 6.45) is 0.972. The standard InChI is InChI=1S/C19H18BrN/c20-18-10-8-14(9-11-18)17(13-21)12-16-6-3-5-15-4-1-2-7-19(15)16/h1-11,17H,12-13,21H2. The Labute approximate surface area is 133 Å². The van der Waals surface area contributed by atoms with Crippen molar-refractivity contribution in [2.75, 3.05) is 6.54 Å². The fourth-order valence-corrected chi connectivity index (χ4v) is 3.07. The van der Waals surface area contributed by atoms with Gasteiger partial charge in [0.2, 0.25) is 0 Å².